The number of furan rings is 1. The van der Waals surface area contributed by atoms with E-state index in [9.17, 15) is 4.79 Å². The summed E-state index contributed by atoms with van der Waals surface area (Å²) in [7, 11) is 0. The largest absolute Gasteiger partial charge is 0.469 e. The molecule has 0 fully saturated rings. The number of allylic oxidation sites excluding steroid dienone is 1. The standard InChI is InChI=1S/C23H22N4O2S/c1-4-12-27-21(20-11-13-29-15(20)2)25-26-23(27)30-16(3)22(28)24-19-10-9-17-7-5-6-8-18(17)14-19/h4-11,13-14,16H,1,12H2,2-3H3,(H,24,28)/t16-/m1/s1. The Labute approximate surface area is 179 Å². The molecule has 0 saturated heterocycles. The molecule has 0 aliphatic carbocycles. The molecule has 1 atom stereocenters. The van der Waals surface area contributed by atoms with Crippen LogP contribution in [0.3, 0.4) is 0 Å². The van der Waals surface area contributed by atoms with Crippen LogP contribution in [0.4, 0.5) is 5.69 Å². The van der Waals surface area contributed by atoms with E-state index in [4.69, 9.17) is 4.42 Å². The van der Waals surface area contributed by atoms with Gasteiger partial charge in [-0.1, -0.05) is 48.2 Å². The van der Waals surface area contributed by atoms with Crippen LogP contribution in [0, 0.1) is 6.92 Å². The number of amides is 1. The third kappa shape index (κ3) is 4.02. The van der Waals surface area contributed by atoms with Gasteiger partial charge in [0.1, 0.15) is 5.76 Å². The Kier molecular flexibility index (Phi) is 5.72. The SMILES string of the molecule is C=CCn1c(S[C@H](C)C(=O)Nc2ccc3ccccc3c2)nnc1-c1ccoc1C. The molecule has 2 aromatic heterocycles. The van der Waals surface area contributed by atoms with Crippen molar-refractivity contribution in [1.29, 1.82) is 0 Å². The second kappa shape index (κ2) is 8.59. The Bertz CT molecular complexity index is 1210. The van der Waals surface area contributed by atoms with E-state index in [1.807, 2.05) is 66.9 Å². The van der Waals surface area contributed by atoms with Crippen LogP contribution in [0.15, 0.2) is 77.0 Å². The van der Waals surface area contributed by atoms with Gasteiger partial charge in [0.25, 0.3) is 0 Å². The summed E-state index contributed by atoms with van der Waals surface area (Å²) in [6.07, 6.45) is 3.41. The highest BCUT2D eigenvalue weighted by atomic mass is 32.2. The number of thioether (sulfide) groups is 1. The smallest absolute Gasteiger partial charge is 0.237 e. The van der Waals surface area contributed by atoms with Crippen LogP contribution in [-0.4, -0.2) is 25.9 Å². The molecule has 4 aromatic rings. The molecule has 7 heteroatoms. The van der Waals surface area contributed by atoms with E-state index in [1.54, 1.807) is 12.3 Å². The lowest BCUT2D eigenvalue weighted by Crippen LogP contribution is -2.23. The van der Waals surface area contributed by atoms with Crippen LogP contribution in [-0.2, 0) is 11.3 Å². The van der Waals surface area contributed by atoms with Crippen LogP contribution in [0.1, 0.15) is 12.7 Å². The molecule has 6 nitrogen and oxygen atoms in total. The van der Waals surface area contributed by atoms with E-state index < -0.39 is 0 Å². The Hall–Kier alpha value is -3.32. The lowest BCUT2D eigenvalue weighted by atomic mass is 10.1. The lowest BCUT2D eigenvalue weighted by Gasteiger charge is -2.13. The Balaban J connectivity index is 1.52. The van der Waals surface area contributed by atoms with Crippen LogP contribution >= 0.6 is 11.8 Å². The van der Waals surface area contributed by atoms with Crippen LogP contribution in [0.5, 0.6) is 0 Å². The summed E-state index contributed by atoms with van der Waals surface area (Å²) in [5.74, 6) is 1.38. The van der Waals surface area contributed by atoms with Gasteiger partial charge in [-0.3, -0.25) is 9.36 Å². The number of hydrogen-bond acceptors (Lipinski definition) is 5. The first-order valence-corrected chi connectivity index (χ1v) is 10.5. The lowest BCUT2D eigenvalue weighted by molar-refractivity contribution is -0.115. The van der Waals surface area contributed by atoms with Crippen molar-refractivity contribution in [1.82, 2.24) is 14.8 Å². The number of anilines is 1. The maximum absolute atomic E-state index is 12.8. The number of nitrogens with one attached hydrogen (secondary N) is 1. The van der Waals surface area contributed by atoms with E-state index in [1.165, 1.54) is 11.8 Å². The molecule has 30 heavy (non-hydrogen) atoms. The van der Waals surface area contributed by atoms with E-state index in [0.717, 1.165) is 27.8 Å². The maximum atomic E-state index is 12.8. The van der Waals surface area contributed by atoms with Crippen molar-refractivity contribution in [2.75, 3.05) is 5.32 Å². The molecule has 0 aliphatic rings. The Morgan fingerprint density at radius 2 is 2.03 bits per heavy atom. The molecule has 4 rings (SSSR count). The van der Waals surface area contributed by atoms with Crippen molar-refractivity contribution in [2.45, 2.75) is 30.8 Å². The van der Waals surface area contributed by atoms with Crippen molar-refractivity contribution in [2.24, 2.45) is 0 Å². The number of carbonyl (C=O) groups excluding carboxylic acids is 1. The zero-order valence-electron chi connectivity index (χ0n) is 16.8. The van der Waals surface area contributed by atoms with Crippen molar-refractivity contribution in [3.63, 3.8) is 0 Å². The molecule has 2 heterocycles. The first-order valence-electron chi connectivity index (χ1n) is 9.61. The van der Waals surface area contributed by atoms with E-state index in [0.29, 0.717) is 17.5 Å². The summed E-state index contributed by atoms with van der Waals surface area (Å²) in [5, 5.41) is 14.1. The molecular formula is C23H22N4O2S. The van der Waals surface area contributed by atoms with Gasteiger partial charge in [0.05, 0.1) is 17.1 Å². The zero-order chi connectivity index (χ0) is 21.1. The Morgan fingerprint density at radius 3 is 2.77 bits per heavy atom. The predicted molar refractivity (Wildman–Crippen MR) is 121 cm³/mol. The van der Waals surface area contributed by atoms with Gasteiger partial charge >= 0.3 is 0 Å². The molecule has 0 spiro atoms. The Morgan fingerprint density at radius 1 is 1.23 bits per heavy atom. The van der Waals surface area contributed by atoms with E-state index in [2.05, 4.69) is 22.1 Å². The summed E-state index contributed by atoms with van der Waals surface area (Å²) in [5.41, 5.74) is 1.65. The first-order chi connectivity index (χ1) is 14.6. The highest BCUT2D eigenvalue weighted by Crippen LogP contribution is 2.29. The van der Waals surface area contributed by atoms with Gasteiger partial charge in [0.2, 0.25) is 5.91 Å². The van der Waals surface area contributed by atoms with Crippen LogP contribution < -0.4 is 5.32 Å². The minimum atomic E-state index is -0.359. The first kappa shape index (κ1) is 20.0. The van der Waals surface area contributed by atoms with Gasteiger partial charge in [-0.25, -0.2) is 0 Å². The summed E-state index contributed by atoms with van der Waals surface area (Å²) < 4.78 is 7.34. The molecule has 0 radical (unpaired) electrons. The van der Waals surface area contributed by atoms with Crippen molar-refractivity contribution < 1.29 is 9.21 Å². The van der Waals surface area contributed by atoms with Gasteiger partial charge in [0.15, 0.2) is 11.0 Å². The molecule has 2 aromatic carbocycles. The maximum Gasteiger partial charge on any atom is 0.237 e. The van der Waals surface area contributed by atoms with Gasteiger partial charge < -0.3 is 9.73 Å². The van der Waals surface area contributed by atoms with Crippen LogP contribution in [0.2, 0.25) is 0 Å². The highest BCUT2D eigenvalue weighted by Gasteiger charge is 2.22. The van der Waals surface area contributed by atoms with Gasteiger partial charge in [0, 0.05) is 12.2 Å². The molecule has 1 amide bonds. The number of aryl methyl sites for hydroxylation is 1. The number of carbonyl (C=O) groups is 1. The predicted octanol–water partition coefficient (Wildman–Crippen LogP) is 5.31. The summed E-state index contributed by atoms with van der Waals surface area (Å²) in [6.45, 7) is 8.11. The number of fused-ring (bicyclic) bond motifs is 1. The topological polar surface area (TPSA) is 73.0 Å². The fourth-order valence-electron chi connectivity index (χ4n) is 3.21. The molecule has 0 aliphatic heterocycles. The normalized spacial score (nSPS) is 12.1. The summed E-state index contributed by atoms with van der Waals surface area (Å²) in [6, 6.07) is 15.8. The second-order valence-electron chi connectivity index (χ2n) is 6.91. The van der Waals surface area contributed by atoms with E-state index >= 15 is 0 Å². The number of rotatable bonds is 7. The third-order valence-corrected chi connectivity index (χ3v) is 5.88. The fourth-order valence-corrected chi connectivity index (χ4v) is 4.07. The van der Waals surface area contributed by atoms with Crippen molar-refractivity contribution in [3.05, 3.63) is 73.2 Å². The number of hydrogen-bond donors (Lipinski definition) is 1. The van der Waals surface area contributed by atoms with Crippen LogP contribution in [0.25, 0.3) is 22.2 Å². The monoisotopic (exact) mass is 418 g/mol. The van der Waals surface area contributed by atoms with E-state index in [-0.39, 0.29) is 11.2 Å². The van der Waals surface area contributed by atoms with Crippen molar-refractivity contribution in [3.8, 4) is 11.4 Å². The average molecular weight is 419 g/mol. The molecule has 0 bridgehead atoms. The number of nitrogens with zero attached hydrogens (tertiary/aromatic N) is 3. The molecule has 1 N–H and O–H groups in total. The highest BCUT2D eigenvalue weighted by molar-refractivity contribution is 8.00. The number of benzene rings is 2. The van der Waals surface area contributed by atoms with Gasteiger partial charge in [-0.2, -0.15) is 0 Å². The quantitative estimate of drug-likeness (QED) is 0.325. The van der Waals surface area contributed by atoms with Gasteiger partial charge in [-0.05, 0) is 42.8 Å². The molecule has 152 valence electrons. The minimum absolute atomic E-state index is 0.0931. The van der Waals surface area contributed by atoms with Gasteiger partial charge in [-0.15, -0.1) is 16.8 Å². The minimum Gasteiger partial charge on any atom is -0.469 e. The van der Waals surface area contributed by atoms with Crippen molar-refractivity contribution >= 4 is 34.1 Å². The summed E-state index contributed by atoms with van der Waals surface area (Å²) >= 11 is 1.36. The molecule has 0 unspecified atom stereocenters. The summed E-state index contributed by atoms with van der Waals surface area (Å²) in [4.78, 5) is 12.8. The molecular weight excluding hydrogens is 396 g/mol. The average Bonchev–Trinajstić information content (AvgIpc) is 3.34. The molecule has 0 saturated carbocycles. The second-order valence-corrected chi connectivity index (χ2v) is 8.22. The number of aromatic nitrogens is 3. The fraction of sp³-hybridized carbons (Fsp3) is 0.174. The zero-order valence-corrected chi connectivity index (χ0v) is 17.6. The third-order valence-electron chi connectivity index (χ3n) is 4.80.